The summed E-state index contributed by atoms with van der Waals surface area (Å²) >= 11 is 1.79. The van der Waals surface area contributed by atoms with Crippen molar-refractivity contribution in [1.29, 1.82) is 0 Å². The maximum atomic E-state index is 5.46. The summed E-state index contributed by atoms with van der Waals surface area (Å²) in [6.45, 7) is 5.39. The molecule has 3 nitrogen and oxygen atoms in total. The number of ether oxygens (including phenoxy) is 2. The molecule has 0 spiro atoms. The smallest absolute Gasteiger partial charge is 0.0591 e. The zero-order valence-electron chi connectivity index (χ0n) is 10.1. The SMILES string of the molecule is COCCCOCCNC(C)c1cccs1. The number of hydrogen-bond acceptors (Lipinski definition) is 4. The van der Waals surface area contributed by atoms with E-state index in [-0.39, 0.29) is 0 Å². The van der Waals surface area contributed by atoms with Gasteiger partial charge in [-0.2, -0.15) is 0 Å². The van der Waals surface area contributed by atoms with Gasteiger partial charge in [0.05, 0.1) is 6.61 Å². The minimum absolute atomic E-state index is 0.419. The van der Waals surface area contributed by atoms with Crippen molar-refractivity contribution in [1.82, 2.24) is 5.32 Å². The molecule has 1 aromatic heterocycles. The van der Waals surface area contributed by atoms with Crippen LogP contribution in [0.2, 0.25) is 0 Å². The number of methoxy groups -OCH3 is 1. The van der Waals surface area contributed by atoms with Crippen LogP contribution in [0.25, 0.3) is 0 Å². The first-order valence-electron chi connectivity index (χ1n) is 5.68. The molecule has 0 saturated carbocycles. The van der Waals surface area contributed by atoms with Crippen LogP contribution in [0.5, 0.6) is 0 Å². The average Bonchev–Trinajstić information content (AvgIpc) is 2.81. The van der Waals surface area contributed by atoms with Gasteiger partial charge in [0.15, 0.2) is 0 Å². The summed E-state index contributed by atoms with van der Waals surface area (Å²) in [5.74, 6) is 0. The zero-order valence-corrected chi connectivity index (χ0v) is 10.9. The topological polar surface area (TPSA) is 30.5 Å². The fourth-order valence-electron chi connectivity index (χ4n) is 1.39. The van der Waals surface area contributed by atoms with Gasteiger partial charge in [-0.15, -0.1) is 11.3 Å². The van der Waals surface area contributed by atoms with Gasteiger partial charge in [0.1, 0.15) is 0 Å². The molecule has 0 aliphatic rings. The lowest BCUT2D eigenvalue weighted by Gasteiger charge is -2.12. The Balaban J connectivity index is 1.95. The van der Waals surface area contributed by atoms with E-state index in [9.17, 15) is 0 Å². The van der Waals surface area contributed by atoms with Gasteiger partial charge in [-0.3, -0.25) is 0 Å². The standard InChI is InChI=1S/C12H21NO2S/c1-11(12-5-3-10-16-12)13-6-9-15-8-4-7-14-2/h3,5,10-11,13H,4,6-9H2,1-2H3. The predicted octanol–water partition coefficient (Wildman–Crippen LogP) is 2.45. The molecule has 0 radical (unpaired) electrons. The summed E-state index contributed by atoms with van der Waals surface area (Å²) in [5, 5.41) is 5.54. The second kappa shape index (κ2) is 8.70. The lowest BCUT2D eigenvalue weighted by Crippen LogP contribution is -2.22. The van der Waals surface area contributed by atoms with Crippen molar-refractivity contribution in [3.63, 3.8) is 0 Å². The molecule has 0 aromatic carbocycles. The second-order valence-electron chi connectivity index (χ2n) is 3.65. The molecule has 4 heteroatoms. The van der Waals surface area contributed by atoms with Crippen LogP contribution in [-0.4, -0.2) is 33.5 Å². The third-order valence-corrected chi connectivity index (χ3v) is 3.36. The molecular formula is C12H21NO2S. The van der Waals surface area contributed by atoms with E-state index in [0.717, 1.165) is 32.8 Å². The molecule has 0 bridgehead atoms. The number of thiophene rings is 1. The van der Waals surface area contributed by atoms with E-state index in [4.69, 9.17) is 9.47 Å². The van der Waals surface area contributed by atoms with Crippen LogP contribution in [-0.2, 0) is 9.47 Å². The van der Waals surface area contributed by atoms with Crippen LogP contribution in [0, 0.1) is 0 Å². The van der Waals surface area contributed by atoms with Crippen LogP contribution in [0.4, 0.5) is 0 Å². The van der Waals surface area contributed by atoms with E-state index in [1.807, 2.05) is 0 Å². The molecule has 92 valence electrons. The van der Waals surface area contributed by atoms with Crippen LogP contribution in [0.1, 0.15) is 24.3 Å². The van der Waals surface area contributed by atoms with Gasteiger partial charge in [-0.1, -0.05) is 6.07 Å². The highest BCUT2D eigenvalue weighted by Crippen LogP contribution is 2.17. The molecule has 0 aliphatic heterocycles. The minimum Gasteiger partial charge on any atom is -0.385 e. The molecule has 0 amide bonds. The molecule has 1 heterocycles. The molecule has 1 atom stereocenters. The Labute approximate surface area is 102 Å². The second-order valence-corrected chi connectivity index (χ2v) is 4.63. The van der Waals surface area contributed by atoms with Crippen molar-refractivity contribution < 1.29 is 9.47 Å². The van der Waals surface area contributed by atoms with E-state index in [2.05, 4.69) is 29.8 Å². The van der Waals surface area contributed by atoms with Gasteiger partial charge >= 0.3 is 0 Å². The molecule has 16 heavy (non-hydrogen) atoms. The van der Waals surface area contributed by atoms with Crippen molar-refractivity contribution in [2.75, 3.05) is 33.5 Å². The Hall–Kier alpha value is -0.420. The fourth-order valence-corrected chi connectivity index (χ4v) is 2.15. The summed E-state index contributed by atoms with van der Waals surface area (Å²) in [7, 11) is 1.71. The number of nitrogens with one attached hydrogen (secondary N) is 1. The van der Waals surface area contributed by atoms with Crippen molar-refractivity contribution in [2.45, 2.75) is 19.4 Å². The van der Waals surface area contributed by atoms with E-state index in [0.29, 0.717) is 6.04 Å². The zero-order chi connectivity index (χ0) is 11.6. The highest BCUT2D eigenvalue weighted by molar-refractivity contribution is 7.10. The van der Waals surface area contributed by atoms with Gasteiger partial charge in [0, 0.05) is 37.8 Å². The highest BCUT2D eigenvalue weighted by Gasteiger charge is 2.04. The molecule has 1 aromatic rings. The number of rotatable bonds is 9. The van der Waals surface area contributed by atoms with Crippen molar-refractivity contribution in [3.05, 3.63) is 22.4 Å². The first kappa shape index (κ1) is 13.6. The third kappa shape index (κ3) is 5.61. The van der Waals surface area contributed by atoms with Crippen LogP contribution in [0.15, 0.2) is 17.5 Å². The van der Waals surface area contributed by atoms with Crippen LogP contribution < -0.4 is 5.32 Å². The fraction of sp³-hybridized carbons (Fsp3) is 0.667. The molecule has 0 saturated heterocycles. The Morgan fingerprint density at radius 2 is 2.25 bits per heavy atom. The Kier molecular flexibility index (Phi) is 7.42. The summed E-state index contributed by atoms with van der Waals surface area (Å²) in [4.78, 5) is 1.37. The quantitative estimate of drug-likeness (QED) is 0.676. The predicted molar refractivity (Wildman–Crippen MR) is 68.0 cm³/mol. The van der Waals surface area contributed by atoms with E-state index >= 15 is 0 Å². The molecule has 0 aliphatic carbocycles. The minimum atomic E-state index is 0.419. The van der Waals surface area contributed by atoms with Crippen molar-refractivity contribution in [2.24, 2.45) is 0 Å². The summed E-state index contributed by atoms with van der Waals surface area (Å²) in [6, 6.07) is 4.66. The largest absolute Gasteiger partial charge is 0.385 e. The monoisotopic (exact) mass is 243 g/mol. The van der Waals surface area contributed by atoms with Crippen molar-refractivity contribution >= 4 is 11.3 Å². The van der Waals surface area contributed by atoms with Gasteiger partial charge in [0.25, 0.3) is 0 Å². The van der Waals surface area contributed by atoms with E-state index in [1.165, 1.54) is 4.88 Å². The van der Waals surface area contributed by atoms with Crippen molar-refractivity contribution in [3.8, 4) is 0 Å². The highest BCUT2D eigenvalue weighted by atomic mass is 32.1. The number of hydrogen-bond donors (Lipinski definition) is 1. The molecule has 1 N–H and O–H groups in total. The third-order valence-electron chi connectivity index (χ3n) is 2.30. The Morgan fingerprint density at radius 3 is 2.94 bits per heavy atom. The Morgan fingerprint density at radius 1 is 1.38 bits per heavy atom. The van der Waals surface area contributed by atoms with Gasteiger partial charge < -0.3 is 14.8 Å². The molecular weight excluding hydrogens is 222 g/mol. The Bertz CT molecular complexity index is 252. The summed E-state index contributed by atoms with van der Waals surface area (Å²) in [6.07, 6.45) is 0.969. The normalized spacial score (nSPS) is 12.9. The molecule has 1 unspecified atom stereocenters. The van der Waals surface area contributed by atoms with Gasteiger partial charge in [-0.25, -0.2) is 0 Å². The lowest BCUT2D eigenvalue weighted by molar-refractivity contribution is 0.103. The average molecular weight is 243 g/mol. The van der Waals surface area contributed by atoms with E-state index in [1.54, 1.807) is 18.4 Å². The van der Waals surface area contributed by atoms with Crippen LogP contribution in [0.3, 0.4) is 0 Å². The summed E-state index contributed by atoms with van der Waals surface area (Å²) in [5.41, 5.74) is 0. The molecule has 0 fully saturated rings. The summed E-state index contributed by atoms with van der Waals surface area (Å²) < 4.78 is 10.4. The first-order valence-corrected chi connectivity index (χ1v) is 6.56. The van der Waals surface area contributed by atoms with Gasteiger partial charge in [-0.05, 0) is 24.8 Å². The van der Waals surface area contributed by atoms with Crippen LogP contribution >= 0.6 is 11.3 Å². The first-order chi connectivity index (χ1) is 7.84. The lowest BCUT2D eigenvalue weighted by atomic mass is 10.3. The molecule has 1 rings (SSSR count). The van der Waals surface area contributed by atoms with Gasteiger partial charge in [0.2, 0.25) is 0 Å². The maximum Gasteiger partial charge on any atom is 0.0591 e. The van der Waals surface area contributed by atoms with E-state index < -0.39 is 0 Å². The maximum absolute atomic E-state index is 5.46.